The van der Waals surface area contributed by atoms with Crippen LogP contribution in [-0.2, 0) is 27.5 Å². The first-order valence-corrected chi connectivity index (χ1v) is 12.5. The molecule has 1 fully saturated rings. The largest absolute Gasteiger partial charge is 0.433 e. The van der Waals surface area contributed by atoms with Gasteiger partial charge in [0, 0.05) is 30.3 Å². The minimum atomic E-state index is -4.67. The van der Waals surface area contributed by atoms with Gasteiger partial charge in [0.2, 0.25) is 15.9 Å². The second-order valence-electron chi connectivity index (χ2n) is 8.83. The highest BCUT2D eigenvalue weighted by atomic mass is 32.2. The Morgan fingerprint density at radius 2 is 1.79 bits per heavy atom. The molecule has 1 aromatic carbocycles. The van der Waals surface area contributed by atoms with Gasteiger partial charge in [-0.3, -0.25) is 14.8 Å². The van der Waals surface area contributed by atoms with Crippen molar-refractivity contribution < 1.29 is 39.6 Å². The van der Waals surface area contributed by atoms with Gasteiger partial charge < -0.3 is 5.32 Å². The highest BCUT2D eigenvalue weighted by Crippen LogP contribution is 2.36. The molecule has 1 saturated heterocycles. The number of nitrogens with zero attached hydrogens (tertiary/aromatic N) is 3. The van der Waals surface area contributed by atoms with Gasteiger partial charge in [0.05, 0.1) is 23.3 Å². The van der Waals surface area contributed by atoms with Crippen molar-refractivity contribution in [3.05, 3.63) is 77.9 Å². The first-order chi connectivity index (χ1) is 17.7. The van der Waals surface area contributed by atoms with Gasteiger partial charge in [0.25, 0.3) is 0 Å². The highest BCUT2D eigenvalue weighted by molar-refractivity contribution is 7.89. The van der Waals surface area contributed by atoms with Crippen LogP contribution >= 0.6 is 0 Å². The van der Waals surface area contributed by atoms with E-state index in [0.717, 1.165) is 42.7 Å². The topological polar surface area (TPSA) is 92.3 Å². The number of hydrogen-bond acceptors (Lipinski definition) is 5. The van der Waals surface area contributed by atoms with E-state index in [1.54, 1.807) is 0 Å². The predicted molar refractivity (Wildman–Crippen MR) is 122 cm³/mol. The molecule has 2 atom stereocenters. The molecule has 1 amide bonds. The molecule has 7 nitrogen and oxygen atoms in total. The van der Waals surface area contributed by atoms with Gasteiger partial charge in [0.1, 0.15) is 29.0 Å². The van der Waals surface area contributed by atoms with Gasteiger partial charge in [-0.1, -0.05) is 6.07 Å². The molecule has 0 unspecified atom stereocenters. The lowest BCUT2D eigenvalue weighted by atomic mass is 9.98. The Morgan fingerprint density at radius 3 is 2.39 bits per heavy atom. The molecule has 3 heterocycles. The maximum atomic E-state index is 14.4. The maximum Gasteiger partial charge on any atom is 0.433 e. The minimum absolute atomic E-state index is 0.0325. The van der Waals surface area contributed by atoms with Crippen molar-refractivity contribution >= 4 is 15.9 Å². The second-order valence-corrected chi connectivity index (χ2v) is 10.7. The third-order valence-electron chi connectivity index (χ3n) is 6.13. The molecule has 0 aliphatic carbocycles. The van der Waals surface area contributed by atoms with Crippen molar-refractivity contribution in [1.29, 1.82) is 0 Å². The summed E-state index contributed by atoms with van der Waals surface area (Å²) in [5.41, 5.74) is -2.99. The monoisotopic (exact) mass is 558 g/mol. The van der Waals surface area contributed by atoms with Crippen molar-refractivity contribution in [1.82, 2.24) is 19.6 Å². The van der Waals surface area contributed by atoms with Crippen LogP contribution in [0.3, 0.4) is 0 Å². The zero-order valence-corrected chi connectivity index (χ0v) is 20.5. The van der Waals surface area contributed by atoms with Gasteiger partial charge in [0.15, 0.2) is 0 Å². The number of halogens is 6. The van der Waals surface area contributed by atoms with Crippen LogP contribution in [0.4, 0.5) is 26.3 Å². The number of alkyl halides is 4. The summed E-state index contributed by atoms with van der Waals surface area (Å²) in [5, 5.41) is 2.47. The maximum absolute atomic E-state index is 14.4. The second kappa shape index (κ2) is 9.98. The summed E-state index contributed by atoms with van der Waals surface area (Å²) in [6, 6.07) is 6.80. The molecule has 38 heavy (non-hydrogen) atoms. The van der Waals surface area contributed by atoms with Crippen LogP contribution in [-0.4, -0.2) is 46.9 Å². The number of amides is 1. The Balaban J connectivity index is 1.54. The molecule has 0 radical (unpaired) electrons. The van der Waals surface area contributed by atoms with Crippen molar-refractivity contribution in [3.8, 4) is 11.1 Å². The van der Waals surface area contributed by atoms with E-state index in [1.165, 1.54) is 13.0 Å². The van der Waals surface area contributed by atoms with E-state index in [-0.39, 0.29) is 28.3 Å². The number of carbonyl (C=O) groups is 1. The molecule has 0 saturated carbocycles. The summed E-state index contributed by atoms with van der Waals surface area (Å²) in [4.78, 5) is 20.0. The van der Waals surface area contributed by atoms with Crippen LogP contribution in [0.2, 0.25) is 0 Å². The van der Waals surface area contributed by atoms with E-state index in [9.17, 15) is 39.6 Å². The van der Waals surface area contributed by atoms with Crippen molar-refractivity contribution in [2.75, 3.05) is 6.54 Å². The standard InChI is InChI=1S/C24H20F6N4O3S/c1-23(9-16(26)13-34(23)38(36,37)18-5-3-15(25)4-6-18)22(35)33-11-17-8-19(20(27)12-31-17)14-2-7-21(32-10-14)24(28,29)30/h2-8,10,12,16H,9,11,13H2,1H3,(H,33,35)/t16-,23-/m1/s1. The average Bonchev–Trinajstić information content (AvgIpc) is 3.19. The molecule has 1 N–H and O–H groups in total. The van der Waals surface area contributed by atoms with Crippen molar-refractivity contribution in [3.63, 3.8) is 0 Å². The summed E-state index contributed by atoms with van der Waals surface area (Å²) >= 11 is 0. The fraction of sp³-hybridized carbons (Fsp3) is 0.292. The Morgan fingerprint density at radius 1 is 1.11 bits per heavy atom. The number of carbonyl (C=O) groups excluding carboxylic acids is 1. The van der Waals surface area contributed by atoms with Crippen molar-refractivity contribution in [2.45, 2.75) is 42.7 Å². The lowest BCUT2D eigenvalue weighted by molar-refractivity contribution is -0.141. The van der Waals surface area contributed by atoms with Gasteiger partial charge in [-0.05, 0) is 43.3 Å². The third-order valence-corrected chi connectivity index (χ3v) is 8.13. The number of benzene rings is 1. The Labute approximate surface area is 213 Å². The van der Waals surface area contributed by atoms with E-state index >= 15 is 0 Å². The summed E-state index contributed by atoms with van der Waals surface area (Å²) in [7, 11) is -4.37. The summed E-state index contributed by atoms with van der Waals surface area (Å²) in [6.45, 7) is 0.334. The van der Waals surface area contributed by atoms with Crippen LogP contribution in [0.15, 0.2) is 59.8 Å². The fourth-order valence-corrected chi connectivity index (χ4v) is 5.94. The molecule has 3 aromatic rings. The molecular formula is C24H20F6N4O3S. The third kappa shape index (κ3) is 5.36. The van der Waals surface area contributed by atoms with E-state index < -0.39 is 64.1 Å². The molecule has 202 valence electrons. The fourth-order valence-electron chi connectivity index (χ4n) is 4.16. The minimum Gasteiger partial charge on any atom is -0.349 e. The molecule has 0 spiro atoms. The normalized spacial score (nSPS) is 20.4. The molecule has 0 bridgehead atoms. The quantitative estimate of drug-likeness (QED) is 0.457. The highest BCUT2D eigenvalue weighted by Gasteiger charge is 2.53. The number of rotatable bonds is 6. The number of hydrogen-bond donors (Lipinski definition) is 1. The lowest BCUT2D eigenvalue weighted by Crippen LogP contribution is -2.55. The predicted octanol–water partition coefficient (Wildman–Crippen LogP) is 4.25. The van der Waals surface area contributed by atoms with E-state index in [1.807, 2.05) is 0 Å². The van der Waals surface area contributed by atoms with E-state index in [4.69, 9.17) is 0 Å². The smallest absolute Gasteiger partial charge is 0.349 e. The van der Waals surface area contributed by atoms with Crippen LogP contribution in [0.5, 0.6) is 0 Å². The molecule has 2 aromatic heterocycles. The van der Waals surface area contributed by atoms with E-state index in [2.05, 4.69) is 15.3 Å². The summed E-state index contributed by atoms with van der Waals surface area (Å²) < 4.78 is 107. The molecule has 4 rings (SSSR count). The lowest BCUT2D eigenvalue weighted by Gasteiger charge is -2.32. The first kappa shape index (κ1) is 27.5. The van der Waals surface area contributed by atoms with Gasteiger partial charge >= 0.3 is 6.18 Å². The van der Waals surface area contributed by atoms with Crippen LogP contribution in [0.25, 0.3) is 11.1 Å². The number of aromatic nitrogens is 2. The zero-order chi connectivity index (χ0) is 27.9. The molecule has 1 aliphatic rings. The van der Waals surface area contributed by atoms with Crippen LogP contribution < -0.4 is 5.32 Å². The number of nitrogens with one attached hydrogen (secondary N) is 1. The van der Waals surface area contributed by atoms with Gasteiger partial charge in [-0.25, -0.2) is 21.6 Å². The number of pyridine rings is 2. The molecule has 1 aliphatic heterocycles. The van der Waals surface area contributed by atoms with Gasteiger partial charge in [-0.15, -0.1) is 0 Å². The zero-order valence-electron chi connectivity index (χ0n) is 19.6. The molecule has 14 heteroatoms. The van der Waals surface area contributed by atoms with Gasteiger partial charge in [-0.2, -0.15) is 17.5 Å². The summed E-state index contributed by atoms with van der Waals surface area (Å²) in [5.74, 6) is -2.37. The Kier molecular flexibility index (Phi) is 7.23. The van der Waals surface area contributed by atoms with Crippen LogP contribution in [0, 0.1) is 11.6 Å². The summed E-state index contributed by atoms with van der Waals surface area (Å²) in [6.07, 6.45) is -5.10. The number of sulfonamides is 1. The van der Waals surface area contributed by atoms with E-state index in [0.29, 0.717) is 10.4 Å². The Hall–Kier alpha value is -3.52. The SMILES string of the molecule is C[C@]1(C(=O)NCc2cc(-c3ccc(C(F)(F)F)nc3)c(F)cn2)C[C@@H](F)CN1S(=O)(=O)c1ccc(F)cc1. The Bertz CT molecular complexity index is 1450. The van der Waals surface area contributed by atoms with Crippen LogP contribution in [0.1, 0.15) is 24.7 Å². The first-order valence-electron chi connectivity index (χ1n) is 11.1. The average molecular weight is 559 g/mol. The van der Waals surface area contributed by atoms with Crippen molar-refractivity contribution in [2.24, 2.45) is 0 Å². The molecular weight excluding hydrogens is 538 g/mol.